The molecule has 7 N–H and O–H groups in total. The molecular weight excluding hydrogens is 617 g/mol. The summed E-state index contributed by atoms with van der Waals surface area (Å²) in [4.78, 5) is 55.1. The molecule has 5 atom stereocenters. The van der Waals surface area contributed by atoms with Crippen molar-refractivity contribution in [3.63, 3.8) is 0 Å². The van der Waals surface area contributed by atoms with Gasteiger partial charge in [-0.2, -0.15) is 0 Å². The Morgan fingerprint density at radius 2 is 1.87 bits per heavy atom. The highest BCUT2D eigenvalue weighted by Gasteiger charge is 2.64. The number of phenols is 1. The van der Waals surface area contributed by atoms with Gasteiger partial charge in [-0.25, -0.2) is 0 Å². The van der Waals surface area contributed by atoms with Gasteiger partial charge in [0.25, 0.3) is 5.91 Å². The van der Waals surface area contributed by atoms with Gasteiger partial charge in [0.15, 0.2) is 11.4 Å². The molecule has 2 fully saturated rings. The average Bonchev–Trinajstić information content (AvgIpc) is 2.95. The van der Waals surface area contributed by atoms with Gasteiger partial charge in [0.1, 0.15) is 28.6 Å². The molecule has 1 unspecified atom stereocenters. The Hall–Kier alpha value is -4.15. The summed E-state index contributed by atoms with van der Waals surface area (Å²) in [6.45, 7) is 0.153. The second-order valence-electron chi connectivity index (χ2n) is 12.3. The van der Waals surface area contributed by atoms with Crippen LogP contribution in [0.2, 0.25) is 0 Å². The molecule has 2 amide bonds. The van der Waals surface area contributed by atoms with Crippen LogP contribution in [0.3, 0.4) is 0 Å². The number of nitrogens with one attached hydrogen (secondary N) is 1. The molecule has 1 aromatic carbocycles. The van der Waals surface area contributed by atoms with Crippen LogP contribution in [0.25, 0.3) is 5.76 Å². The number of benzene rings is 1. The smallest absolute Gasteiger partial charge is 0.508 e. The van der Waals surface area contributed by atoms with Crippen molar-refractivity contribution in [1.82, 2.24) is 15.1 Å². The molecule has 3 aliphatic carbocycles. The van der Waals surface area contributed by atoms with E-state index in [0.29, 0.717) is 12.8 Å². The monoisotopic (exact) mass is 652 g/mol. The van der Waals surface area contributed by atoms with Crippen LogP contribution in [-0.4, -0.2) is 106 Å². The van der Waals surface area contributed by atoms with Gasteiger partial charge in [0.05, 0.1) is 24.2 Å². The second-order valence-corrected chi connectivity index (χ2v) is 12.3. The summed E-state index contributed by atoms with van der Waals surface area (Å²) in [5, 5.41) is 48.1. The number of phenolic OH excluding ortho intramolecular Hbond substituents is 1. The summed E-state index contributed by atoms with van der Waals surface area (Å²) in [6.07, 6.45) is -4.55. The summed E-state index contributed by atoms with van der Waals surface area (Å²) in [5.74, 6) is -10.3. The minimum absolute atomic E-state index is 0.0885. The summed E-state index contributed by atoms with van der Waals surface area (Å²) in [7, 11) is 4.40. The summed E-state index contributed by atoms with van der Waals surface area (Å²) in [5.41, 5.74) is -0.0649. The molecule has 0 aromatic heterocycles. The second kappa shape index (κ2) is 11.6. The van der Waals surface area contributed by atoms with Crippen molar-refractivity contribution in [2.24, 2.45) is 17.6 Å². The van der Waals surface area contributed by atoms with Gasteiger partial charge in [-0.15, -0.1) is 13.2 Å². The molecule has 0 spiro atoms. The van der Waals surface area contributed by atoms with E-state index in [1.165, 1.54) is 23.9 Å². The highest BCUT2D eigenvalue weighted by atomic mass is 19.4. The average molecular weight is 653 g/mol. The number of alkyl halides is 3. The molecule has 0 bridgehead atoms. The minimum Gasteiger partial charge on any atom is -0.508 e. The third kappa shape index (κ3) is 5.08. The molecule has 16 heteroatoms. The number of rotatable bonds is 6. The zero-order valence-electron chi connectivity index (χ0n) is 25.3. The molecular formula is C30H35F3N4O9. The number of halogens is 3. The van der Waals surface area contributed by atoms with Crippen molar-refractivity contribution in [2.45, 2.75) is 56.2 Å². The number of hydrogen-bond acceptors (Lipinski definition) is 11. The Morgan fingerprint density at radius 1 is 1.20 bits per heavy atom. The fourth-order valence-corrected chi connectivity index (χ4v) is 7.61. The number of likely N-dealkylation sites (N-methyl/N-ethyl adjacent to an activating group) is 2. The third-order valence-corrected chi connectivity index (χ3v) is 9.43. The number of Topliss-reactive ketones (excluding diaryl/α,β-unsaturated/α-hetero) is 2. The van der Waals surface area contributed by atoms with E-state index in [-0.39, 0.29) is 43.0 Å². The Balaban J connectivity index is 1.73. The van der Waals surface area contributed by atoms with Crippen molar-refractivity contribution in [2.75, 3.05) is 34.2 Å². The van der Waals surface area contributed by atoms with Crippen molar-refractivity contribution < 1.29 is 57.5 Å². The van der Waals surface area contributed by atoms with Crippen molar-refractivity contribution >= 4 is 29.1 Å². The van der Waals surface area contributed by atoms with Gasteiger partial charge in [-0.3, -0.25) is 24.1 Å². The maximum atomic E-state index is 14.0. The fourth-order valence-electron chi connectivity index (χ4n) is 7.61. The minimum atomic E-state index is -5.23. The molecule has 1 saturated heterocycles. The zero-order chi connectivity index (χ0) is 34.0. The number of nitrogens with zero attached hydrogens (tertiary/aromatic N) is 2. The van der Waals surface area contributed by atoms with E-state index < -0.39 is 99.5 Å². The molecule has 1 aromatic rings. The Labute approximate surface area is 261 Å². The number of amides is 2. The van der Waals surface area contributed by atoms with Crippen LogP contribution in [0.15, 0.2) is 23.0 Å². The lowest BCUT2D eigenvalue weighted by atomic mass is 9.57. The maximum absolute atomic E-state index is 14.0. The van der Waals surface area contributed by atoms with Crippen LogP contribution >= 0.6 is 0 Å². The van der Waals surface area contributed by atoms with Crippen LogP contribution in [0.1, 0.15) is 48.4 Å². The Kier molecular flexibility index (Phi) is 8.36. The molecule has 5 rings (SSSR count). The number of piperidine rings is 1. The number of likely N-dealkylation sites (tertiary alicyclic amines) is 1. The van der Waals surface area contributed by atoms with Gasteiger partial charge in [0, 0.05) is 29.2 Å². The van der Waals surface area contributed by atoms with Gasteiger partial charge >= 0.3 is 6.36 Å². The van der Waals surface area contributed by atoms with Crippen molar-refractivity contribution in [1.29, 1.82) is 0 Å². The summed E-state index contributed by atoms with van der Waals surface area (Å²) in [6, 6.07) is -1.32. The van der Waals surface area contributed by atoms with Crippen LogP contribution in [0.4, 0.5) is 13.2 Å². The molecule has 0 radical (unpaired) electrons. The van der Waals surface area contributed by atoms with E-state index in [9.17, 15) is 52.8 Å². The van der Waals surface area contributed by atoms with E-state index in [1.807, 2.05) is 0 Å². The molecule has 250 valence electrons. The largest absolute Gasteiger partial charge is 0.573 e. The predicted octanol–water partition coefficient (Wildman–Crippen LogP) is 1.14. The van der Waals surface area contributed by atoms with E-state index in [0.717, 1.165) is 6.07 Å². The van der Waals surface area contributed by atoms with Gasteiger partial charge in [0.2, 0.25) is 11.7 Å². The van der Waals surface area contributed by atoms with Crippen molar-refractivity contribution in [3.05, 3.63) is 39.7 Å². The van der Waals surface area contributed by atoms with Gasteiger partial charge in [-0.1, -0.05) is 0 Å². The normalized spacial score (nSPS) is 28.2. The lowest BCUT2D eigenvalue weighted by molar-refractivity contribution is -0.275. The number of carbonyl (C=O) groups is 4. The number of carbonyl (C=O) groups excluding carboxylic acids is 4. The number of ether oxygens (including phenoxy) is 1. The Bertz CT molecular complexity index is 1590. The molecule has 1 saturated carbocycles. The topological polar surface area (TPSA) is 203 Å². The highest BCUT2D eigenvalue weighted by molar-refractivity contribution is 6.24. The predicted molar refractivity (Wildman–Crippen MR) is 153 cm³/mol. The number of primary amides is 1. The Morgan fingerprint density at radius 3 is 2.46 bits per heavy atom. The van der Waals surface area contributed by atoms with Gasteiger partial charge in [-0.05, 0) is 65.2 Å². The van der Waals surface area contributed by atoms with E-state index in [1.54, 1.807) is 7.05 Å². The zero-order valence-corrected chi connectivity index (χ0v) is 25.3. The van der Waals surface area contributed by atoms with Crippen LogP contribution in [-0.2, 0) is 25.6 Å². The standard InChI is InChI=1S/C30H35F3N4O9/c1-35-11-18(39)37-7-5-4-6-16(37)13-10-17(38)20-14(25(13)46-30(31,32)33)8-12-9-15-22(36(2)3)24(41)21(28(34)44)27(43)29(15,45)26(42)19(12)23(20)40/h10,12,15-16,22,35,38,40,43,45H,4-9,11H2,1-3H3,(H2,34,44)/t12-,15-,16?,22-,29-/m0/s1. The third-order valence-electron chi connectivity index (χ3n) is 9.43. The maximum Gasteiger partial charge on any atom is 0.573 e. The first-order valence-corrected chi connectivity index (χ1v) is 14.7. The van der Waals surface area contributed by atoms with E-state index in [2.05, 4.69) is 10.1 Å². The van der Waals surface area contributed by atoms with Gasteiger partial charge < -0.3 is 41.1 Å². The van der Waals surface area contributed by atoms with Crippen LogP contribution in [0.5, 0.6) is 11.5 Å². The number of hydrogen-bond donors (Lipinski definition) is 6. The lowest BCUT2D eigenvalue weighted by Gasteiger charge is -2.50. The first-order valence-electron chi connectivity index (χ1n) is 14.7. The quantitative estimate of drug-likeness (QED) is 0.241. The van der Waals surface area contributed by atoms with Crippen LogP contribution < -0.4 is 15.8 Å². The first kappa shape index (κ1) is 33.2. The molecule has 4 aliphatic rings. The SMILES string of the molecule is CNCC(=O)N1CCCCC1c1cc(O)c2c(c1OC(F)(F)F)C[C@H]1C[C@H]3[C@H](N(C)C)C(=O)C(C(N)=O)=C(O)[C@@]3(O)C(=O)C1=C2O. The summed E-state index contributed by atoms with van der Waals surface area (Å²) >= 11 is 0. The molecule has 1 aliphatic heterocycles. The number of fused-ring (bicyclic) bond motifs is 3. The van der Waals surface area contributed by atoms with E-state index >= 15 is 0 Å². The fraction of sp³-hybridized carbons (Fsp3) is 0.533. The highest BCUT2D eigenvalue weighted by Crippen LogP contribution is 2.55. The number of ketones is 2. The first-order chi connectivity index (χ1) is 21.4. The number of nitrogens with two attached hydrogens (primary N) is 1. The molecule has 1 heterocycles. The number of aliphatic hydroxyl groups is 3. The molecule has 13 nitrogen and oxygen atoms in total. The number of aromatic hydroxyl groups is 1. The summed E-state index contributed by atoms with van der Waals surface area (Å²) < 4.78 is 46.5. The van der Waals surface area contributed by atoms with E-state index in [4.69, 9.17) is 5.73 Å². The number of aliphatic hydroxyl groups excluding tert-OH is 2. The van der Waals surface area contributed by atoms with Crippen LogP contribution in [0, 0.1) is 11.8 Å². The van der Waals surface area contributed by atoms with Crippen molar-refractivity contribution in [3.8, 4) is 11.5 Å². The lowest BCUT2D eigenvalue weighted by Crippen LogP contribution is -2.65. The molecule has 46 heavy (non-hydrogen) atoms.